The molecule has 4 rings (SSSR count). The maximum Gasteiger partial charge on any atom is 0.239 e. The van der Waals surface area contributed by atoms with Gasteiger partial charge in [-0.2, -0.15) is 0 Å². The van der Waals surface area contributed by atoms with Crippen molar-refractivity contribution in [3.63, 3.8) is 0 Å². The Bertz CT molecular complexity index is 623. The lowest BCUT2D eigenvalue weighted by molar-refractivity contribution is 0.00897. The van der Waals surface area contributed by atoms with Crippen LogP contribution in [0.15, 0.2) is 30.5 Å². The molecule has 0 atom stereocenters. The maximum absolute atomic E-state index is 6.37. The summed E-state index contributed by atoms with van der Waals surface area (Å²) in [7, 11) is 0. The van der Waals surface area contributed by atoms with Crippen LogP contribution in [0.25, 0.3) is 5.69 Å². The van der Waals surface area contributed by atoms with Gasteiger partial charge in [0, 0.05) is 11.9 Å². The summed E-state index contributed by atoms with van der Waals surface area (Å²) in [4.78, 5) is 4.45. The summed E-state index contributed by atoms with van der Waals surface area (Å²) in [6.07, 6.45) is 7.83. The number of nitrogens with zero attached hydrogens (tertiary/aromatic N) is 2. The molecule has 2 aliphatic rings. The van der Waals surface area contributed by atoms with E-state index in [-0.39, 0.29) is 5.60 Å². The van der Waals surface area contributed by atoms with Gasteiger partial charge in [0.2, 0.25) is 5.88 Å². The SMILES string of the molecule is Cc1ccc2n1-c1cccnc1OC21CCCCC1. The molecule has 1 aliphatic heterocycles. The summed E-state index contributed by atoms with van der Waals surface area (Å²) in [5.41, 5.74) is 3.51. The minimum Gasteiger partial charge on any atom is -0.463 e. The molecule has 0 amide bonds. The van der Waals surface area contributed by atoms with Crippen molar-refractivity contribution < 1.29 is 4.74 Å². The number of pyridine rings is 1. The Morgan fingerprint density at radius 1 is 1.16 bits per heavy atom. The van der Waals surface area contributed by atoms with Gasteiger partial charge in [0.15, 0.2) is 5.60 Å². The fourth-order valence-corrected chi connectivity index (χ4v) is 3.56. The van der Waals surface area contributed by atoms with Gasteiger partial charge in [0.1, 0.15) is 5.69 Å². The molecule has 0 radical (unpaired) electrons. The molecule has 0 saturated heterocycles. The molecule has 3 heterocycles. The lowest BCUT2D eigenvalue weighted by atomic mass is 9.81. The van der Waals surface area contributed by atoms with Gasteiger partial charge in [-0.15, -0.1) is 0 Å². The number of hydrogen-bond acceptors (Lipinski definition) is 2. The van der Waals surface area contributed by atoms with Crippen molar-refractivity contribution in [2.75, 3.05) is 0 Å². The molecule has 98 valence electrons. The highest BCUT2D eigenvalue weighted by Gasteiger charge is 2.43. The quantitative estimate of drug-likeness (QED) is 0.716. The molecule has 1 spiro atoms. The Labute approximate surface area is 113 Å². The molecule has 0 unspecified atom stereocenters. The van der Waals surface area contributed by atoms with Crippen molar-refractivity contribution in [1.82, 2.24) is 9.55 Å². The summed E-state index contributed by atoms with van der Waals surface area (Å²) < 4.78 is 8.70. The van der Waals surface area contributed by atoms with Gasteiger partial charge < -0.3 is 9.30 Å². The number of ether oxygens (including phenoxy) is 1. The molecule has 3 heteroatoms. The van der Waals surface area contributed by atoms with Crippen LogP contribution in [0.4, 0.5) is 0 Å². The van der Waals surface area contributed by atoms with Gasteiger partial charge in [-0.1, -0.05) is 6.42 Å². The van der Waals surface area contributed by atoms with Crippen molar-refractivity contribution in [3.05, 3.63) is 41.9 Å². The fourth-order valence-electron chi connectivity index (χ4n) is 3.56. The van der Waals surface area contributed by atoms with Crippen molar-refractivity contribution in [3.8, 4) is 11.6 Å². The predicted octanol–water partition coefficient (Wildman–Crippen LogP) is 3.73. The predicted molar refractivity (Wildman–Crippen MR) is 73.7 cm³/mol. The van der Waals surface area contributed by atoms with Gasteiger partial charge in [0.25, 0.3) is 0 Å². The summed E-state index contributed by atoms with van der Waals surface area (Å²) in [5, 5.41) is 0. The van der Waals surface area contributed by atoms with Gasteiger partial charge in [-0.25, -0.2) is 4.98 Å². The molecular formula is C16H18N2O. The van der Waals surface area contributed by atoms with Gasteiger partial charge in [-0.05, 0) is 56.9 Å². The third-order valence-corrected chi connectivity index (χ3v) is 4.49. The lowest BCUT2D eigenvalue weighted by Crippen LogP contribution is -2.40. The summed E-state index contributed by atoms with van der Waals surface area (Å²) >= 11 is 0. The second kappa shape index (κ2) is 3.86. The molecule has 2 aromatic rings. The van der Waals surface area contributed by atoms with E-state index >= 15 is 0 Å². The molecule has 1 aliphatic carbocycles. The minimum absolute atomic E-state index is 0.145. The molecule has 0 bridgehead atoms. The molecule has 1 fully saturated rings. The van der Waals surface area contributed by atoms with Crippen molar-refractivity contribution in [2.24, 2.45) is 0 Å². The zero-order chi connectivity index (χ0) is 12.9. The van der Waals surface area contributed by atoms with Crippen LogP contribution in [0, 0.1) is 6.92 Å². The van der Waals surface area contributed by atoms with Crippen molar-refractivity contribution in [2.45, 2.75) is 44.6 Å². The van der Waals surface area contributed by atoms with Crippen LogP contribution in [0.2, 0.25) is 0 Å². The van der Waals surface area contributed by atoms with E-state index in [9.17, 15) is 0 Å². The van der Waals surface area contributed by atoms with Crippen molar-refractivity contribution >= 4 is 0 Å². The first-order valence-corrected chi connectivity index (χ1v) is 7.13. The molecule has 1 saturated carbocycles. The monoisotopic (exact) mass is 254 g/mol. The number of hydrogen-bond donors (Lipinski definition) is 0. The van der Waals surface area contributed by atoms with E-state index in [1.54, 1.807) is 0 Å². The Morgan fingerprint density at radius 2 is 2.00 bits per heavy atom. The third-order valence-electron chi connectivity index (χ3n) is 4.49. The standard InChI is InChI=1S/C16H18N2O/c1-12-7-8-14-16(9-3-2-4-10-16)19-15-13(18(12)14)6-5-11-17-15/h5-8,11H,2-4,9-10H2,1H3. The zero-order valence-electron chi connectivity index (χ0n) is 11.2. The Kier molecular flexibility index (Phi) is 2.25. The third kappa shape index (κ3) is 1.47. The highest BCUT2D eigenvalue weighted by atomic mass is 16.5. The van der Waals surface area contributed by atoms with E-state index in [2.05, 4.69) is 34.7 Å². The first-order chi connectivity index (χ1) is 9.30. The fraction of sp³-hybridized carbons (Fsp3) is 0.438. The minimum atomic E-state index is -0.145. The maximum atomic E-state index is 6.37. The van der Waals surface area contributed by atoms with Gasteiger partial charge >= 0.3 is 0 Å². The van der Waals surface area contributed by atoms with Crippen LogP contribution in [-0.4, -0.2) is 9.55 Å². The van der Waals surface area contributed by atoms with Gasteiger partial charge in [-0.3, -0.25) is 0 Å². The van der Waals surface area contributed by atoms with E-state index < -0.39 is 0 Å². The second-order valence-electron chi connectivity index (χ2n) is 5.68. The molecule has 3 nitrogen and oxygen atoms in total. The number of rotatable bonds is 0. The van der Waals surface area contributed by atoms with Crippen molar-refractivity contribution in [1.29, 1.82) is 0 Å². The van der Waals surface area contributed by atoms with Crippen LogP contribution in [-0.2, 0) is 5.60 Å². The van der Waals surface area contributed by atoms with E-state index in [1.165, 1.54) is 30.7 Å². The summed E-state index contributed by atoms with van der Waals surface area (Å²) in [6, 6.07) is 8.49. The number of fused-ring (bicyclic) bond motifs is 4. The average molecular weight is 254 g/mol. The summed E-state index contributed by atoms with van der Waals surface area (Å²) in [6.45, 7) is 2.15. The topological polar surface area (TPSA) is 27.1 Å². The van der Waals surface area contributed by atoms with Crippen LogP contribution in [0.5, 0.6) is 5.88 Å². The zero-order valence-corrected chi connectivity index (χ0v) is 11.2. The first-order valence-electron chi connectivity index (χ1n) is 7.13. The molecule has 19 heavy (non-hydrogen) atoms. The highest BCUT2D eigenvalue weighted by molar-refractivity contribution is 5.49. The van der Waals surface area contributed by atoms with Crippen LogP contribution in [0.1, 0.15) is 43.5 Å². The molecule has 0 N–H and O–H groups in total. The lowest BCUT2D eigenvalue weighted by Gasteiger charge is -2.41. The van der Waals surface area contributed by atoms with Crippen LogP contribution < -0.4 is 4.74 Å². The first kappa shape index (κ1) is 11.1. The van der Waals surface area contributed by atoms with Gasteiger partial charge in [0.05, 0.1) is 5.69 Å². The Balaban J connectivity index is 1.96. The Morgan fingerprint density at radius 3 is 2.84 bits per heavy atom. The van der Waals surface area contributed by atoms with E-state index in [0.29, 0.717) is 0 Å². The smallest absolute Gasteiger partial charge is 0.239 e. The normalized spacial score (nSPS) is 19.6. The average Bonchev–Trinajstić information content (AvgIpc) is 2.84. The van der Waals surface area contributed by atoms with E-state index in [1.807, 2.05) is 12.3 Å². The number of aromatic nitrogens is 2. The molecular weight excluding hydrogens is 236 g/mol. The van der Waals surface area contributed by atoms with Crippen LogP contribution >= 0.6 is 0 Å². The Hall–Kier alpha value is -1.77. The van der Waals surface area contributed by atoms with E-state index in [0.717, 1.165) is 24.4 Å². The molecule has 2 aromatic heterocycles. The number of aryl methyl sites for hydroxylation is 1. The largest absolute Gasteiger partial charge is 0.463 e. The summed E-state index contributed by atoms with van der Waals surface area (Å²) in [5.74, 6) is 0.788. The molecule has 0 aromatic carbocycles. The van der Waals surface area contributed by atoms with Crippen LogP contribution in [0.3, 0.4) is 0 Å². The second-order valence-corrected chi connectivity index (χ2v) is 5.68. The van der Waals surface area contributed by atoms with E-state index in [4.69, 9.17) is 4.74 Å². The highest BCUT2D eigenvalue weighted by Crippen LogP contribution is 2.46.